The molecule has 184 valence electrons. The third-order valence-corrected chi connectivity index (χ3v) is 7.08. The molecule has 1 unspecified atom stereocenters. The summed E-state index contributed by atoms with van der Waals surface area (Å²) in [5.41, 5.74) is -0.190. The molecule has 0 radical (unpaired) electrons. The fourth-order valence-corrected chi connectivity index (χ4v) is 4.33. The number of hydrogen-bond donors (Lipinski definition) is 1. The number of alkyl halides is 1. The molecule has 2 rings (SSSR count). The number of amides is 2. The molecule has 11 nitrogen and oxygen atoms in total. The summed E-state index contributed by atoms with van der Waals surface area (Å²) in [7, 11) is 1.45. The number of rotatable bonds is 11. The summed E-state index contributed by atoms with van der Waals surface area (Å²) < 4.78 is 20.2. The van der Waals surface area contributed by atoms with E-state index in [-0.39, 0.29) is 30.0 Å². The van der Waals surface area contributed by atoms with Gasteiger partial charge in [0.05, 0.1) is 23.8 Å². The van der Waals surface area contributed by atoms with Crippen LogP contribution in [0.2, 0.25) is 0 Å². The fraction of sp³-hybridized carbons (Fsp3) is 0.650. The first kappa shape index (κ1) is 27.1. The number of esters is 1. The van der Waals surface area contributed by atoms with Crippen LogP contribution in [0.5, 0.6) is 0 Å². The molecular weight excluding hydrogens is 524 g/mol. The summed E-state index contributed by atoms with van der Waals surface area (Å²) in [5.74, 6) is -1.58. The van der Waals surface area contributed by atoms with E-state index in [1.807, 2.05) is 6.92 Å². The van der Waals surface area contributed by atoms with Gasteiger partial charge in [-0.15, -0.1) is 11.8 Å². The van der Waals surface area contributed by atoms with Crippen molar-refractivity contribution in [2.45, 2.75) is 45.0 Å². The fourth-order valence-electron chi connectivity index (χ4n) is 2.83. The van der Waals surface area contributed by atoms with E-state index in [1.54, 1.807) is 13.8 Å². The van der Waals surface area contributed by atoms with Crippen molar-refractivity contribution in [1.29, 1.82) is 0 Å². The van der Waals surface area contributed by atoms with Gasteiger partial charge in [0, 0.05) is 18.4 Å². The van der Waals surface area contributed by atoms with Gasteiger partial charge in [0.1, 0.15) is 11.4 Å². The lowest BCUT2D eigenvalue weighted by molar-refractivity contribution is -0.164. The molecule has 0 saturated carbocycles. The predicted octanol–water partition coefficient (Wildman–Crippen LogP) is 1.69. The number of nitrogens with one attached hydrogen (secondary N) is 1. The SMILES string of the molecule is CCC(C)(C)C(=O)OCOC(=O)OC1=C(COC)CS[C@H]2C(NC(=O)CC(=O)CBr)C(=O)N12. The smallest absolute Gasteiger partial charge is 0.427 e. The number of ether oxygens (including phenoxy) is 4. The van der Waals surface area contributed by atoms with Gasteiger partial charge in [-0.05, 0) is 20.3 Å². The van der Waals surface area contributed by atoms with Crippen molar-refractivity contribution in [3.8, 4) is 0 Å². The number of Topliss-reactive ketones (excluding diaryl/α,β-unsaturated/α-hetero) is 1. The number of carbonyl (C=O) groups is 5. The van der Waals surface area contributed by atoms with Gasteiger partial charge < -0.3 is 24.3 Å². The maximum atomic E-state index is 12.7. The first-order chi connectivity index (χ1) is 15.5. The van der Waals surface area contributed by atoms with E-state index in [0.29, 0.717) is 17.7 Å². The number of carbonyl (C=O) groups excluding carboxylic acids is 5. The number of nitrogens with zero attached hydrogens (tertiary/aromatic N) is 1. The highest BCUT2D eigenvalue weighted by atomic mass is 79.9. The first-order valence-electron chi connectivity index (χ1n) is 10.1. The summed E-state index contributed by atoms with van der Waals surface area (Å²) in [4.78, 5) is 61.5. The van der Waals surface area contributed by atoms with Gasteiger partial charge in [0.25, 0.3) is 5.91 Å². The first-order valence-corrected chi connectivity index (χ1v) is 12.3. The number of thioether (sulfide) groups is 1. The van der Waals surface area contributed by atoms with E-state index in [9.17, 15) is 24.0 Å². The second-order valence-corrected chi connectivity index (χ2v) is 9.60. The van der Waals surface area contributed by atoms with E-state index in [4.69, 9.17) is 18.9 Å². The van der Waals surface area contributed by atoms with Crippen LogP contribution in [-0.4, -0.2) is 77.6 Å². The van der Waals surface area contributed by atoms with E-state index in [0.717, 1.165) is 0 Å². The number of fused-ring (bicyclic) bond motifs is 1. The highest BCUT2D eigenvalue weighted by Crippen LogP contribution is 2.40. The number of halogens is 1. The van der Waals surface area contributed by atoms with Crippen molar-refractivity contribution in [2.75, 3.05) is 31.6 Å². The largest absolute Gasteiger partial charge is 0.518 e. The topological polar surface area (TPSA) is 138 Å². The molecule has 0 aromatic heterocycles. The molecular formula is C20H27BrN2O9S. The summed E-state index contributed by atoms with van der Waals surface area (Å²) >= 11 is 4.34. The molecule has 1 N–H and O–H groups in total. The Morgan fingerprint density at radius 1 is 1.24 bits per heavy atom. The number of methoxy groups -OCH3 is 1. The molecule has 0 aromatic rings. The Balaban J connectivity index is 2.00. The molecule has 1 fully saturated rings. The maximum absolute atomic E-state index is 12.7. The standard InChI is InChI=1S/C20H27BrN2O9S/c1-5-20(2,3)18(27)30-10-31-19(28)32-16-11(8-29-4)9-33-17-14(15(26)23(16)17)22-13(25)6-12(24)7-21/h14,17H,5-10H2,1-4H3,(H,22,25)/t14?,17-/m0/s1. The minimum atomic E-state index is -1.16. The van der Waals surface area contributed by atoms with Crippen LogP contribution >= 0.6 is 27.7 Å². The Hall–Kier alpha value is -2.12. The van der Waals surface area contributed by atoms with Crippen LogP contribution in [0.3, 0.4) is 0 Å². The number of hydrogen-bond acceptors (Lipinski definition) is 10. The van der Waals surface area contributed by atoms with Gasteiger partial charge in [-0.25, -0.2) is 4.79 Å². The van der Waals surface area contributed by atoms with E-state index < -0.39 is 47.6 Å². The quantitative estimate of drug-likeness (QED) is 0.133. The third-order valence-electron chi connectivity index (χ3n) is 5.12. The molecule has 0 bridgehead atoms. The Morgan fingerprint density at radius 3 is 2.55 bits per heavy atom. The van der Waals surface area contributed by atoms with Crippen LogP contribution in [0.25, 0.3) is 0 Å². The molecule has 2 aliphatic rings. The Labute approximate surface area is 204 Å². The summed E-state index contributed by atoms with van der Waals surface area (Å²) in [6.07, 6.45) is -0.961. The van der Waals surface area contributed by atoms with E-state index in [2.05, 4.69) is 21.2 Å². The number of β-lactam (4-membered cyclic amide) rings is 1. The normalized spacial score (nSPS) is 19.9. The van der Waals surface area contributed by atoms with Crippen LogP contribution in [0.1, 0.15) is 33.6 Å². The third kappa shape index (κ3) is 6.70. The maximum Gasteiger partial charge on any atom is 0.518 e. The lowest BCUT2D eigenvalue weighted by atomic mass is 9.91. The Bertz CT molecular complexity index is 845. The highest BCUT2D eigenvalue weighted by molar-refractivity contribution is 9.09. The van der Waals surface area contributed by atoms with Crippen molar-refractivity contribution in [3.63, 3.8) is 0 Å². The molecule has 0 aromatic carbocycles. The van der Waals surface area contributed by atoms with E-state index in [1.165, 1.54) is 23.8 Å². The summed E-state index contributed by atoms with van der Waals surface area (Å²) in [6, 6.07) is -0.860. The summed E-state index contributed by atoms with van der Waals surface area (Å²) in [6.45, 7) is 4.70. The average molecular weight is 551 g/mol. The van der Waals surface area contributed by atoms with Crippen molar-refractivity contribution >= 4 is 57.4 Å². The van der Waals surface area contributed by atoms with Gasteiger partial charge in [-0.2, -0.15) is 0 Å². The molecule has 0 aliphatic carbocycles. The Morgan fingerprint density at radius 2 is 1.94 bits per heavy atom. The van der Waals surface area contributed by atoms with Crippen LogP contribution in [0.15, 0.2) is 11.5 Å². The predicted molar refractivity (Wildman–Crippen MR) is 120 cm³/mol. The zero-order valence-electron chi connectivity index (χ0n) is 18.8. The molecule has 13 heteroatoms. The van der Waals surface area contributed by atoms with Crippen LogP contribution < -0.4 is 5.32 Å². The summed E-state index contributed by atoms with van der Waals surface area (Å²) in [5, 5.41) is 2.06. The number of ketones is 1. The van der Waals surface area contributed by atoms with Crippen LogP contribution in [0, 0.1) is 5.41 Å². The van der Waals surface area contributed by atoms with Crippen LogP contribution in [0.4, 0.5) is 4.79 Å². The minimum absolute atomic E-state index is 0.0395. The van der Waals surface area contributed by atoms with Crippen molar-refractivity contribution in [3.05, 3.63) is 11.5 Å². The molecule has 2 atom stereocenters. The zero-order chi connectivity index (χ0) is 24.8. The second kappa shape index (κ2) is 11.8. The molecule has 2 amide bonds. The Kier molecular flexibility index (Phi) is 9.73. The zero-order valence-corrected chi connectivity index (χ0v) is 21.2. The molecule has 2 aliphatic heterocycles. The van der Waals surface area contributed by atoms with Crippen LogP contribution in [-0.2, 0) is 38.1 Å². The lowest BCUT2D eigenvalue weighted by Crippen LogP contribution is -2.70. The van der Waals surface area contributed by atoms with Gasteiger partial charge in [-0.3, -0.25) is 24.1 Å². The average Bonchev–Trinajstić information content (AvgIpc) is 2.78. The van der Waals surface area contributed by atoms with Gasteiger partial charge in [-0.1, -0.05) is 22.9 Å². The van der Waals surface area contributed by atoms with Crippen molar-refractivity contribution in [1.82, 2.24) is 10.2 Å². The van der Waals surface area contributed by atoms with Gasteiger partial charge >= 0.3 is 12.1 Å². The molecule has 33 heavy (non-hydrogen) atoms. The molecule has 2 heterocycles. The van der Waals surface area contributed by atoms with Crippen molar-refractivity contribution < 1.29 is 42.9 Å². The molecule has 0 spiro atoms. The lowest BCUT2D eigenvalue weighted by Gasteiger charge is -2.49. The van der Waals surface area contributed by atoms with Gasteiger partial charge in [0.2, 0.25) is 18.6 Å². The second-order valence-electron chi connectivity index (χ2n) is 7.93. The van der Waals surface area contributed by atoms with E-state index >= 15 is 0 Å². The van der Waals surface area contributed by atoms with Gasteiger partial charge in [0.15, 0.2) is 5.78 Å². The highest BCUT2D eigenvalue weighted by Gasteiger charge is 2.54. The molecule has 1 saturated heterocycles. The monoisotopic (exact) mass is 550 g/mol. The van der Waals surface area contributed by atoms with Crippen molar-refractivity contribution in [2.24, 2.45) is 5.41 Å². The minimum Gasteiger partial charge on any atom is -0.427 e.